The lowest BCUT2D eigenvalue weighted by Gasteiger charge is -2.25. The molecular weight excluding hydrogens is 332 g/mol. The van der Waals surface area contributed by atoms with Crippen LogP contribution in [-0.4, -0.2) is 31.6 Å². The summed E-state index contributed by atoms with van der Waals surface area (Å²) in [4.78, 5) is 2.44. The van der Waals surface area contributed by atoms with E-state index in [1.54, 1.807) is 11.3 Å². The van der Waals surface area contributed by atoms with E-state index in [-0.39, 0.29) is 12.4 Å². The molecule has 0 radical (unpaired) electrons. The highest BCUT2D eigenvalue weighted by Gasteiger charge is 2.13. The minimum atomic E-state index is 0. The number of piperidine rings is 1. The van der Waals surface area contributed by atoms with Crippen molar-refractivity contribution in [1.82, 2.24) is 10.2 Å². The molecule has 1 aromatic rings. The van der Waals surface area contributed by atoms with Crippen molar-refractivity contribution in [2.75, 3.05) is 26.7 Å². The molecule has 1 fully saturated rings. The Hall–Kier alpha value is 0.390. The van der Waals surface area contributed by atoms with E-state index in [0.29, 0.717) is 0 Å². The summed E-state index contributed by atoms with van der Waals surface area (Å²) in [5.41, 5.74) is 1.43. The van der Waals surface area contributed by atoms with E-state index in [1.807, 2.05) is 0 Å². The van der Waals surface area contributed by atoms with Crippen LogP contribution in [-0.2, 0) is 6.54 Å². The predicted octanol–water partition coefficient (Wildman–Crippen LogP) is 3.75. The molecule has 0 bridgehead atoms. The number of hydrogen-bond acceptors (Lipinski definition) is 3. The number of halogens is 2. The molecule has 5 heteroatoms. The summed E-state index contributed by atoms with van der Waals surface area (Å²) < 4.78 is 1.24. The molecule has 0 spiro atoms. The molecule has 0 saturated carbocycles. The van der Waals surface area contributed by atoms with Gasteiger partial charge in [0.15, 0.2) is 0 Å². The van der Waals surface area contributed by atoms with Gasteiger partial charge in [-0.15, -0.1) is 23.7 Å². The Morgan fingerprint density at radius 1 is 1.44 bits per heavy atom. The SMILES string of the molecule is CN(CCC1CCNCC1)Cc1csc(Br)c1.Cl. The van der Waals surface area contributed by atoms with Crippen LogP contribution in [0.25, 0.3) is 0 Å². The smallest absolute Gasteiger partial charge is 0.0701 e. The second-order valence-electron chi connectivity index (χ2n) is 4.98. The number of nitrogens with one attached hydrogen (secondary N) is 1. The van der Waals surface area contributed by atoms with Crippen LogP contribution in [0.4, 0.5) is 0 Å². The zero-order valence-electron chi connectivity index (χ0n) is 10.8. The lowest BCUT2D eigenvalue weighted by Crippen LogP contribution is -2.30. The van der Waals surface area contributed by atoms with Crippen LogP contribution in [0.5, 0.6) is 0 Å². The molecule has 18 heavy (non-hydrogen) atoms. The Labute approximate surface area is 129 Å². The maximum absolute atomic E-state index is 3.52. The van der Waals surface area contributed by atoms with Gasteiger partial charge < -0.3 is 10.2 Å². The highest BCUT2D eigenvalue weighted by atomic mass is 79.9. The first-order valence-corrected chi connectivity index (χ1v) is 8.03. The van der Waals surface area contributed by atoms with Gasteiger partial charge in [0.25, 0.3) is 0 Å². The Kier molecular flexibility index (Phi) is 7.80. The summed E-state index contributed by atoms with van der Waals surface area (Å²) in [5, 5.41) is 5.67. The number of rotatable bonds is 5. The maximum Gasteiger partial charge on any atom is 0.0701 e. The molecule has 0 aliphatic carbocycles. The molecule has 0 unspecified atom stereocenters. The third-order valence-corrected chi connectivity index (χ3v) is 5.01. The van der Waals surface area contributed by atoms with Gasteiger partial charge in [-0.2, -0.15) is 0 Å². The summed E-state index contributed by atoms with van der Waals surface area (Å²) >= 11 is 5.29. The highest BCUT2D eigenvalue weighted by molar-refractivity contribution is 9.11. The number of thiophene rings is 1. The van der Waals surface area contributed by atoms with Crippen molar-refractivity contribution in [2.24, 2.45) is 5.92 Å². The summed E-state index contributed by atoms with van der Waals surface area (Å²) in [6.45, 7) is 4.73. The van der Waals surface area contributed by atoms with E-state index in [1.165, 1.54) is 48.2 Å². The summed E-state index contributed by atoms with van der Waals surface area (Å²) in [6.07, 6.45) is 4.07. The number of hydrogen-bond donors (Lipinski definition) is 1. The molecule has 104 valence electrons. The molecule has 2 nitrogen and oxygen atoms in total. The molecular formula is C13H22BrClN2S. The standard InChI is InChI=1S/C13H21BrN2S.ClH/c1-16(9-12-8-13(14)17-10-12)7-4-11-2-5-15-6-3-11;/h8,10-11,15H,2-7,9H2,1H3;1H. The Bertz CT molecular complexity index is 339. The third-order valence-electron chi connectivity index (χ3n) is 3.45. The Morgan fingerprint density at radius 2 is 2.17 bits per heavy atom. The first-order valence-electron chi connectivity index (χ1n) is 6.36. The van der Waals surface area contributed by atoms with Crippen LogP contribution < -0.4 is 5.32 Å². The average molecular weight is 354 g/mol. The second kappa shape index (κ2) is 8.54. The molecule has 0 amide bonds. The lowest BCUT2D eigenvalue weighted by atomic mass is 9.94. The first-order chi connectivity index (χ1) is 8.24. The van der Waals surface area contributed by atoms with Crippen molar-refractivity contribution in [2.45, 2.75) is 25.8 Å². The zero-order valence-corrected chi connectivity index (χ0v) is 14.0. The molecule has 0 atom stereocenters. The Balaban J connectivity index is 0.00000162. The van der Waals surface area contributed by atoms with Crippen LogP contribution >= 0.6 is 39.7 Å². The van der Waals surface area contributed by atoms with Gasteiger partial charge in [0.2, 0.25) is 0 Å². The van der Waals surface area contributed by atoms with Crippen LogP contribution in [0.15, 0.2) is 15.2 Å². The van der Waals surface area contributed by atoms with Gasteiger partial charge in [-0.25, -0.2) is 0 Å². The second-order valence-corrected chi connectivity index (χ2v) is 7.27. The third kappa shape index (κ3) is 5.57. The van der Waals surface area contributed by atoms with Crippen molar-refractivity contribution >= 4 is 39.7 Å². The van der Waals surface area contributed by atoms with Crippen LogP contribution in [0.1, 0.15) is 24.8 Å². The van der Waals surface area contributed by atoms with E-state index in [2.05, 4.69) is 44.6 Å². The quantitative estimate of drug-likeness (QED) is 0.867. The number of nitrogens with zero attached hydrogens (tertiary/aromatic N) is 1. The van der Waals surface area contributed by atoms with E-state index in [0.717, 1.165) is 12.5 Å². The summed E-state index contributed by atoms with van der Waals surface area (Å²) in [6, 6.07) is 2.23. The van der Waals surface area contributed by atoms with Gasteiger partial charge in [0.1, 0.15) is 0 Å². The Morgan fingerprint density at radius 3 is 2.78 bits per heavy atom. The lowest BCUT2D eigenvalue weighted by molar-refractivity contribution is 0.266. The van der Waals surface area contributed by atoms with E-state index >= 15 is 0 Å². The van der Waals surface area contributed by atoms with Crippen molar-refractivity contribution in [1.29, 1.82) is 0 Å². The van der Waals surface area contributed by atoms with Crippen LogP contribution in [0, 0.1) is 5.92 Å². The monoisotopic (exact) mass is 352 g/mol. The normalized spacial score (nSPS) is 16.8. The van der Waals surface area contributed by atoms with Crippen molar-refractivity contribution in [3.63, 3.8) is 0 Å². The maximum atomic E-state index is 3.52. The van der Waals surface area contributed by atoms with Crippen LogP contribution in [0.2, 0.25) is 0 Å². The molecule has 2 heterocycles. The minimum Gasteiger partial charge on any atom is -0.317 e. The van der Waals surface area contributed by atoms with Crippen molar-refractivity contribution < 1.29 is 0 Å². The van der Waals surface area contributed by atoms with Gasteiger partial charge >= 0.3 is 0 Å². The summed E-state index contributed by atoms with van der Waals surface area (Å²) in [7, 11) is 2.23. The fraction of sp³-hybridized carbons (Fsp3) is 0.692. The summed E-state index contributed by atoms with van der Waals surface area (Å²) in [5.74, 6) is 0.938. The van der Waals surface area contributed by atoms with Crippen molar-refractivity contribution in [3.05, 3.63) is 20.8 Å². The van der Waals surface area contributed by atoms with Gasteiger partial charge in [0.05, 0.1) is 3.79 Å². The molecule has 1 aromatic heterocycles. The minimum absolute atomic E-state index is 0. The van der Waals surface area contributed by atoms with Crippen molar-refractivity contribution in [3.8, 4) is 0 Å². The molecule has 1 aliphatic rings. The van der Waals surface area contributed by atoms with Gasteiger partial charge in [-0.1, -0.05) is 0 Å². The topological polar surface area (TPSA) is 15.3 Å². The molecule has 1 saturated heterocycles. The average Bonchev–Trinajstić information content (AvgIpc) is 2.73. The highest BCUT2D eigenvalue weighted by Crippen LogP contribution is 2.22. The van der Waals surface area contributed by atoms with Gasteiger partial charge in [0, 0.05) is 6.54 Å². The largest absolute Gasteiger partial charge is 0.317 e. The van der Waals surface area contributed by atoms with E-state index in [9.17, 15) is 0 Å². The van der Waals surface area contributed by atoms with E-state index in [4.69, 9.17) is 0 Å². The molecule has 2 rings (SSSR count). The molecule has 1 N–H and O–H groups in total. The first kappa shape index (κ1) is 16.4. The van der Waals surface area contributed by atoms with Gasteiger partial charge in [-0.3, -0.25) is 0 Å². The van der Waals surface area contributed by atoms with Gasteiger partial charge in [-0.05, 0) is 84.8 Å². The zero-order chi connectivity index (χ0) is 12.1. The fourth-order valence-corrected chi connectivity index (χ4v) is 3.59. The fourth-order valence-electron chi connectivity index (χ4n) is 2.39. The van der Waals surface area contributed by atoms with E-state index < -0.39 is 0 Å². The molecule has 1 aliphatic heterocycles. The predicted molar refractivity (Wildman–Crippen MR) is 85.8 cm³/mol. The molecule has 0 aromatic carbocycles. The van der Waals surface area contributed by atoms with Crippen LogP contribution in [0.3, 0.4) is 0 Å².